The maximum absolute atomic E-state index is 12.7. The summed E-state index contributed by atoms with van der Waals surface area (Å²) in [5.41, 5.74) is 6.87. The highest BCUT2D eigenvalue weighted by molar-refractivity contribution is 5.96. The van der Waals surface area contributed by atoms with Crippen molar-refractivity contribution in [1.82, 2.24) is 10.2 Å². The van der Waals surface area contributed by atoms with E-state index in [2.05, 4.69) is 42.2 Å². The van der Waals surface area contributed by atoms with Crippen LogP contribution in [0, 0.1) is 20.8 Å². The van der Waals surface area contributed by atoms with Gasteiger partial charge in [-0.25, -0.2) is 0 Å². The summed E-state index contributed by atoms with van der Waals surface area (Å²) < 4.78 is 0. The van der Waals surface area contributed by atoms with E-state index in [4.69, 9.17) is 0 Å². The Labute approximate surface area is 131 Å². The van der Waals surface area contributed by atoms with Gasteiger partial charge in [-0.2, -0.15) is 5.10 Å². The molecular weight excluding hydrogens is 274 g/mol. The zero-order valence-corrected chi connectivity index (χ0v) is 13.7. The molecule has 0 spiro atoms. The van der Waals surface area contributed by atoms with Gasteiger partial charge in [0.2, 0.25) is 5.91 Å². The average molecular weight is 297 g/mol. The van der Waals surface area contributed by atoms with E-state index in [0.717, 1.165) is 30.0 Å². The minimum absolute atomic E-state index is 0.181. The molecule has 1 aliphatic rings. The molecule has 1 N–H and O–H groups in total. The number of hydrogen-bond acceptors (Lipinski definition) is 2. The number of rotatable bonds is 3. The number of nitrogens with one attached hydrogen (secondary N) is 1. The smallest absolute Gasteiger partial charge is 0.227 e. The minimum atomic E-state index is 0.181. The molecule has 1 amide bonds. The Morgan fingerprint density at radius 3 is 2.82 bits per heavy atom. The summed E-state index contributed by atoms with van der Waals surface area (Å²) in [7, 11) is 0. The topological polar surface area (TPSA) is 49.0 Å². The third-order valence-corrected chi connectivity index (χ3v) is 4.59. The summed E-state index contributed by atoms with van der Waals surface area (Å²) in [4.78, 5) is 14.7. The molecule has 2 heterocycles. The second-order valence-electron chi connectivity index (χ2n) is 6.38. The molecule has 1 aliphatic heterocycles. The molecular formula is C18H23N3O. The van der Waals surface area contributed by atoms with Crippen LogP contribution in [0.3, 0.4) is 0 Å². The molecule has 3 rings (SSSR count). The highest BCUT2D eigenvalue weighted by atomic mass is 16.2. The number of anilines is 1. The van der Waals surface area contributed by atoms with Gasteiger partial charge in [-0.05, 0) is 50.3 Å². The standard InChI is InChI=1S/C18H23N3O/c1-11-5-6-16-15(9-11)7-8-21(16)17(22)10-12(2)18-13(3)19-20-14(18)4/h5-6,9,12H,7-8,10H2,1-4H3,(H,19,20). The highest BCUT2D eigenvalue weighted by Crippen LogP contribution is 2.31. The van der Waals surface area contributed by atoms with Crippen molar-refractivity contribution in [2.24, 2.45) is 0 Å². The molecule has 0 fully saturated rings. The van der Waals surface area contributed by atoms with Gasteiger partial charge in [0.15, 0.2) is 0 Å². The van der Waals surface area contributed by atoms with E-state index in [9.17, 15) is 4.79 Å². The molecule has 1 unspecified atom stereocenters. The quantitative estimate of drug-likeness (QED) is 0.943. The summed E-state index contributed by atoms with van der Waals surface area (Å²) in [6, 6.07) is 6.35. The van der Waals surface area contributed by atoms with Crippen LogP contribution in [0.4, 0.5) is 5.69 Å². The predicted molar refractivity (Wildman–Crippen MR) is 88.3 cm³/mol. The van der Waals surface area contributed by atoms with Crippen molar-refractivity contribution in [1.29, 1.82) is 0 Å². The summed E-state index contributed by atoms with van der Waals surface area (Å²) in [6.45, 7) is 9.01. The molecule has 22 heavy (non-hydrogen) atoms. The Morgan fingerprint density at radius 1 is 1.36 bits per heavy atom. The number of amides is 1. The average Bonchev–Trinajstić information content (AvgIpc) is 3.01. The lowest BCUT2D eigenvalue weighted by Crippen LogP contribution is -2.29. The number of hydrogen-bond donors (Lipinski definition) is 1. The van der Waals surface area contributed by atoms with E-state index in [-0.39, 0.29) is 11.8 Å². The van der Waals surface area contributed by atoms with Crippen molar-refractivity contribution in [2.75, 3.05) is 11.4 Å². The number of aromatic nitrogens is 2. The maximum Gasteiger partial charge on any atom is 0.227 e. The van der Waals surface area contributed by atoms with Crippen LogP contribution in [0.1, 0.15) is 47.3 Å². The molecule has 0 aliphatic carbocycles. The normalized spacial score (nSPS) is 15.0. The zero-order chi connectivity index (χ0) is 15.9. The predicted octanol–water partition coefficient (Wildman–Crippen LogP) is 3.42. The zero-order valence-electron chi connectivity index (χ0n) is 13.7. The Kier molecular flexibility index (Phi) is 3.77. The van der Waals surface area contributed by atoms with Gasteiger partial charge in [0.1, 0.15) is 0 Å². The van der Waals surface area contributed by atoms with Crippen molar-refractivity contribution in [3.8, 4) is 0 Å². The molecule has 1 aromatic heterocycles. The third-order valence-electron chi connectivity index (χ3n) is 4.59. The molecule has 1 atom stereocenters. The Bertz CT molecular complexity index is 698. The first-order chi connectivity index (χ1) is 10.5. The van der Waals surface area contributed by atoms with Crippen LogP contribution in [0.15, 0.2) is 18.2 Å². The number of H-pyrrole nitrogens is 1. The molecule has 4 heteroatoms. The largest absolute Gasteiger partial charge is 0.312 e. The van der Waals surface area contributed by atoms with E-state index in [1.54, 1.807) is 0 Å². The first-order valence-electron chi connectivity index (χ1n) is 7.88. The van der Waals surface area contributed by atoms with E-state index < -0.39 is 0 Å². The summed E-state index contributed by atoms with van der Waals surface area (Å²) in [5.74, 6) is 0.385. The summed E-state index contributed by atoms with van der Waals surface area (Å²) >= 11 is 0. The van der Waals surface area contributed by atoms with Crippen LogP contribution in [0.5, 0.6) is 0 Å². The number of nitrogens with zero attached hydrogens (tertiary/aromatic N) is 2. The van der Waals surface area contributed by atoms with Crippen LogP contribution < -0.4 is 4.90 Å². The lowest BCUT2D eigenvalue weighted by atomic mass is 9.95. The first kappa shape index (κ1) is 14.8. The number of aromatic amines is 1. The lowest BCUT2D eigenvalue weighted by molar-refractivity contribution is -0.118. The SMILES string of the molecule is Cc1ccc2c(c1)CCN2C(=O)CC(C)c1c(C)n[nH]c1C. The van der Waals surface area contributed by atoms with Gasteiger partial charge in [0, 0.05) is 24.3 Å². The maximum atomic E-state index is 12.7. The van der Waals surface area contributed by atoms with Crippen molar-refractivity contribution >= 4 is 11.6 Å². The number of carbonyl (C=O) groups excluding carboxylic acids is 1. The van der Waals surface area contributed by atoms with Gasteiger partial charge >= 0.3 is 0 Å². The van der Waals surface area contributed by atoms with Crippen LogP contribution >= 0.6 is 0 Å². The Morgan fingerprint density at radius 2 is 2.14 bits per heavy atom. The fourth-order valence-electron chi connectivity index (χ4n) is 3.55. The van der Waals surface area contributed by atoms with Gasteiger partial charge in [-0.15, -0.1) is 0 Å². The second kappa shape index (κ2) is 5.59. The first-order valence-corrected chi connectivity index (χ1v) is 7.88. The van der Waals surface area contributed by atoms with Gasteiger partial charge in [-0.3, -0.25) is 9.89 Å². The number of carbonyl (C=O) groups is 1. The fraction of sp³-hybridized carbons (Fsp3) is 0.444. The fourth-order valence-corrected chi connectivity index (χ4v) is 3.55. The molecule has 4 nitrogen and oxygen atoms in total. The van der Waals surface area contributed by atoms with E-state index >= 15 is 0 Å². The van der Waals surface area contributed by atoms with E-state index in [1.807, 2.05) is 18.7 Å². The summed E-state index contributed by atoms with van der Waals surface area (Å²) in [6.07, 6.45) is 1.48. The molecule has 116 valence electrons. The van der Waals surface area contributed by atoms with Crippen LogP contribution in [-0.2, 0) is 11.2 Å². The van der Waals surface area contributed by atoms with Gasteiger partial charge in [0.05, 0.1) is 5.69 Å². The molecule has 0 radical (unpaired) electrons. The van der Waals surface area contributed by atoms with Crippen molar-refractivity contribution in [2.45, 2.75) is 46.5 Å². The van der Waals surface area contributed by atoms with E-state index in [0.29, 0.717) is 6.42 Å². The monoisotopic (exact) mass is 297 g/mol. The van der Waals surface area contributed by atoms with Gasteiger partial charge < -0.3 is 4.90 Å². The Balaban J connectivity index is 1.77. The molecule has 0 saturated carbocycles. The molecule has 0 saturated heterocycles. The van der Waals surface area contributed by atoms with E-state index in [1.165, 1.54) is 16.7 Å². The summed E-state index contributed by atoms with van der Waals surface area (Å²) in [5, 5.41) is 7.25. The lowest BCUT2D eigenvalue weighted by Gasteiger charge is -2.20. The second-order valence-corrected chi connectivity index (χ2v) is 6.38. The number of benzene rings is 1. The molecule has 0 bridgehead atoms. The van der Waals surface area contributed by atoms with Crippen molar-refractivity contribution < 1.29 is 4.79 Å². The number of fused-ring (bicyclic) bond motifs is 1. The molecule has 2 aromatic rings. The van der Waals surface area contributed by atoms with Gasteiger partial charge in [0.25, 0.3) is 0 Å². The minimum Gasteiger partial charge on any atom is -0.312 e. The van der Waals surface area contributed by atoms with Gasteiger partial charge in [-0.1, -0.05) is 24.6 Å². The highest BCUT2D eigenvalue weighted by Gasteiger charge is 2.27. The van der Waals surface area contributed by atoms with Crippen LogP contribution in [0.2, 0.25) is 0 Å². The van der Waals surface area contributed by atoms with Crippen molar-refractivity contribution in [3.05, 3.63) is 46.3 Å². The third kappa shape index (κ3) is 2.54. The van der Waals surface area contributed by atoms with Crippen LogP contribution in [0.25, 0.3) is 0 Å². The Hall–Kier alpha value is -2.10. The number of aryl methyl sites for hydroxylation is 3. The van der Waals surface area contributed by atoms with Crippen molar-refractivity contribution in [3.63, 3.8) is 0 Å². The molecule has 1 aromatic carbocycles. The van der Waals surface area contributed by atoms with Crippen LogP contribution in [-0.4, -0.2) is 22.6 Å².